The number of rotatable bonds is 5. The Balaban J connectivity index is 2.10. The summed E-state index contributed by atoms with van der Waals surface area (Å²) in [6.45, 7) is 4.37. The molecule has 96 valence electrons. The standard InChI is InChI=1S/C15H19NOS/c1-3-11(2)18-10-15(17)13-6-7-14-12(9-13)5-4-8-16-14/h4-9,11,15,17H,3,10H2,1-2H3. The van der Waals surface area contributed by atoms with Gasteiger partial charge in [-0.1, -0.05) is 26.0 Å². The predicted molar refractivity (Wildman–Crippen MR) is 78.9 cm³/mol. The summed E-state index contributed by atoms with van der Waals surface area (Å²) in [5, 5.41) is 11.9. The van der Waals surface area contributed by atoms with Crippen LogP contribution in [0.1, 0.15) is 31.9 Å². The third-order valence-electron chi connectivity index (χ3n) is 3.13. The van der Waals surface area contributed by atoms with Crippen molar-refractivity contribution in [2.75, 3.05) is 5.75 Å². The first-order chi connectivity index (χ1) is 8.70. The van der Waals surface area contributed by atoms with Crippen LogP contribution >= 0.6 is 11.8 Å². The van der Waals surface area contributed by atoms with Crippen LogP contribution in [0.15, 0.2) is 36.5 Å². The monoisotopic (exact) mass is 261 g/mol. The zero-order chi connectivity index (χ0) is 13.0. The van der Waals surface area contributed by atoms with Crippen LogP contribution in [0.2, 0.25) is 0 Å². The van der Waals surface area contributed by atoms with Crippen LogP contribution in [-0.2, 0) is 0 Å². The van der Waals surface area contributed by atoms with Crippen molar-refractivity contribution in [1.29, 1.82) is 0 Å². The summed E-state index contributed by atoms with van der Waals surface area (Å²) in [7, 11) is 0. The van der Waals surface area contributed by atoms with E-state index in [2.05, 4.69) is 18.8 Å². The molecule has 0 bridgehead atoms. The molecule has 18 heavy (non-hydrogen) atoms. The van der Waals surface area contributed by atoms with Crippen molar-refractivity contribution >= 4 is 22.7 Å². The number of thioether (sulfide) groups is 1. The molecule has 0 saturated heterocycles. The summed E-state index contributed by atoms with van der Waals surface area (Å²) < 4.78 is 0. The zero-order valence-electron chi connectivity index (χ0n) is 10.8. The molecule has 0 spiro atoms. The van der Waals surface area contributed by atoms with Crippen LogP contribution in [0.5, 0.6) is 0 Å². The van der Waals surface area contributed by atoms with Crippen LogP contribution in [0, 0.1) is 0 Å². The quantitative estimate of drug-likeness (QED) is 0.888. The third kappa shape index (κ3) is 3.24. The van der Waals surface area contributed by atoms with Crippen LogP contribution in [0.4, 0.5) is 0 Å². The summed E-state index contributed by atoms with van der Waals surface area (Å²) in [5.41, 5.74) is 1.95. The lowest BCUT2D eigenvalue weighted by Gasteiger charge is -2.14. The first-order valence-corrected chi connectivity index (χ1v) is 7.40. The van der Waals surface area contributed by atoms with Gasteiger partial charge in [0.05, 0.1) is 11.6 Å². The van der Waals surface area contributed by atoms with Crippen molar-refractivity contribution in [1.82, 2.24) is 4.98 Å². The molecule has 2 atom stereocenters. The largest absolute Gasteiger partial charge is 0.388 e. The van der Waals surface area contributed by atoms with Crippen molar-refractivity contribution in [3.05, 3.63) is 42.1 Å². The second-order valence-corrected chi connectivity index (χ2v) is 5.99. The average Bonchev–Trinajstić information content (AvgIpc) is 2.43. The SMILES string of the molecule is CCC(C)SCC(O)c1ccc2ncccc2c1. The minimum atomic E-state index is -0.395. The van der Waals surface area contributed by atoms with E-state index in [0.29, 0.717) is 5.25 Å². The van der Waals surface area contributed by atoms with Crippen molar-refractivity contribution in [2.45, 2.75) is 31.6 Å². The van der Waals surface area contributed by atoms with E-state index >= 15 is 0 Å². The lowest BCUT2D eigenvalue weighted by atomic mass is 10.1. The van der Waals surface area contributed by atoms with E-state index in [0.717, 1.165) is 28.6 Å². The topological polar surface area (TPSA) is 33.1 Å². The van der Waals surface area contributed by atoms with E-state index in [1.165, 1.54) is 0 Å². The van der Waals surface area contributed by atoms with Gasteiger partial charge in [0.25, 0.3) is 0 Å². The maximum Gasteiger partial charge on any atom is 0.0880 e. The Labute approximate surface area is 112 Å². The minimum Gasteiger partial charge on any atom is -0.388 e. The molecule has 0 aliphatic carbocycles. The van der Waals surface area contributed by atoms with Crippen LogP contribution in [0.25, 0.3) is 10.9 Å². The molecule has 2 aromatic rings. The number of hydrogen-bond donors (Lipinski definition) is 1. The smallest absolute Gasteiger partial charge is 0.0880 e. The molecule has 2 unspecified atom stereocenters. The highest BCUT2D eigenvalue weighted by Gasteiger charge is 2.10. The van der Waals surface area contributed by atoms with E-state index in [1.807, 2.05) is 42.1 Å². The van der Waals surface area contributed by atoms with Gasteiger partial charge in [-0.3, -0.25) is 4.98 Å². The second-order valence-electron chi connectivity index (χ2n) is 4.52. The highest BCUT2D eigenvalue weighted by molar-refractivity contribution is 7.99. The second kappa shape index (κ2) is 6.21. The molecular formula is C15H19NOS. The number of benzene rings is 1. The van der Waals surface area contributed by atoms with Gasteiger partial charge < -0.3 is 5.11 Å². The summed E-state index contributed by atoms with van der Waals surface area (Å²) >= 11 is 1.82. The lowest BCUT2D eigenvalue weighted by Crippen LogP contribution is -2.04. The fourth-order valence-corrected chi connectivity index (χ4v) is 2.71. The molecule has 0 aliphatic heterocycles. The molecule has 2 rings (SSSR count). The zero-order valence-corrected chi connectivity index (χ0v) is 11.7. The molecule has 1 aromatic heterocycles. The van der Waals surface area contributed by atoms with Gasteiger partial charge in [0, 0.05) is 22.6 Å². The molecule has 1 aromatic carbocycles. The Hall–Kier alpha value is -1.06. The summed E-state index contributed by atoms with van der Waals surface area (Å²) in [4.78, 5) is 4.28. The number of fused-ring (bicyclic) bond motifs is 1. The first-order valence-electron chi connectivity index (χ1n) is 6.35. The van der Waals surface area contributed by atoms with E-state index in [9.17, 15) is 5.11 Å². The molecule has 0 saturated carbocycles. The van der Waals surface area contributed by atoms with Gasteiger partial charge in [-0.05, 0) is 30.2 Å². The van der Waals surface area contributed by atoms with Crippen LogP contribution in [0.3, 0.4) is 0 Å². The molecule has 3 heteroatoms. The van der Waals surface area contributed by atoms with E-state index in [-0.39, 0.29) is 0 Å². The van der Waals surface area contributed by atoms with Crippen molar-refractivity contribution in [2.24, 2.45) is 0 Å². The van der Waals surface area contributed by atoms with Crippen molar-refractivity contribution < 1.29 is 5.11 Å². The van der Waals surface area contributed by atoms with Crippen LogP contribution < -0.4 is 0 Å². The fraction of sp³-hybridized carbons (Fsp3) is 0.400. The van der Waals surface area contributed by atoms with Gasteiger partial charge in [0.15, 0.2) is 0 Å². The van der Waals surface area contributed by atoms with E-state index in [4.69, 9.17) is 0 Å². The number of aliphatic hydroxyl groups is 1. The molecule has 1 heterocycles. The van der Waals surface area contributed by atoms with Crippen molar-refractivity contribution in [3.8, 4) is 0 Å². The number of aliphatic hydroxyl groups excluding tert-OH is 1. The third-order valence-corrected chi connectivity index (χ3v) is 4.54. The highest BCUT2D eigenvalue weighted by Crippen LogP contribution is 2.24. The summed E-state index contributed by atoms with van der Waals surface area (Å²) in [6.07, 6.45) is 2.53. The molecule has 0 fully saturated rings. The average molecular weight is 261 g/mol. The van der Waals surface area contributed by atoms with Gasteiger partial charge in [0.2, 0.25) is 0 Å². The van der Waals surface area contributed by atoms with Gasteiger partial charge >= 0.3 is 0 Å². The Morgan fingerprint density at radius 3 is 2.94 bits per heavy atom. The molecular weight excluding hydrogens is 242 g/mol. The summed E-state index contributed by atoms with van der Waals surface area (Å²) in [6, 6.07) is 9.93. The Morgan fingerprint density at radius 1 is 1.33 bits per heavy atom. The van der Waals surface area contributed by atoms with Gasteiger partial charge in [-0.2, -0.15) is 11.8 Å². The Morgan fingerprint density at radius 2 is 2.17 bits per heavy atom. The molecule has 0 aliphatic rings. The minimum absolute atomic E-state index is 0.395. The molecule has 2 nitrogen and oxygen atoms in total. The first kappa shape index (κ1) is 13.4. The molecule has 0 amide bonds. The normalized spacial score (nSPS) is 14.6. The maximum absolute atomic E-state index is 10.2. The Bertz CT molecular complexity index is 515. The number of aromatic nitrogens is 1. The predicted octanol–water partition coefficient (Wildman–Crippen LogP) is 3.80. The number of hydrogen-bond acceptors (Lipinski definition) is 3. The van der Waals surface area contributed by atoms with E-state index in [1.54, 1.807) is 6.20 Å². The number of pyridine rings is 1. The molecule has 1 N–H and O–H groups in total. The Kier molecular flexibility index (Phi) is 4.61. The van der Waals surface area contributed by atoms with Gasteiger partial charge in [-0.25, -0.2) is 0 Å². The van der Waals surface area contributed by atoms with Gasteiger partial charge in [-0.15, -0.1) is 0 Å². The maximum atomic E-state index is 10.2. The van der Waals surface area contributed by atoms with Crippen molar-refractivity contribution in [3.63, 3.8) is 0 Å². The molecule has 0 radical (unpaired) electrons. The summed E-state index contributed by atoms with van der Waals surface area (Å²) in [5.74, 6) is 0.751. The fourth-order valence-electron chi connectivity index (χ4n) is 1.77. The lowest BCUT2D eigenvalue weighted by molar-refractivity contribution is 0.204. The number of nitrogens with zero attached hydrogens (tertiary/aromatic N) is 1. The highest BCUT2D eigenvalue weighted by atomic mass is 32.2. The van der Waals surface area contributed by atoms with Gasteiger partial charge in [0.1, 0.15) is 0 Å². The van der Waals surface area contributed by atoms with Crippen LogP contribution in [-0.4, -0.2) is 21.1 Å². The van der Waals surface area contributed by atoms with E-state index < -0.39 is 6.10 Å².